The molecular formula is C13H16N2O5S2. The average molecular weight is 344 g/mol. The molecule has 1 aromatic carbocycles. The molecule has 0 fully saturated rings. The Balaban J connectivity index is 2.26. The molecule has 0 unspecified atom stereocenters. The van der Waals surface area contributed by atoms with E-state index in [-0.39, 0.29) is 16.3 Å². The quantitative estimate of drug-likeness (QED) is 0.872. The van der Waals surface area contributed by atoms with Gasteiger partial charge in [-0.2, -0.15) is 4.31 Å². The van der Waals surface area contributed by atoms with Crippen LogP contribution in [0.25, 0.3) is 0 Å². The summed E-state index contributed by atoms with van der Waals surface area (Å²) >= 11 is 0. The van der Waals surface area contributed by atoms with Crippen molar-refractivity contribution in [3.63, 3.8) is 0 Å². The molecule has 0 bridgehead atoms. The summed E-state index contributed by atoms with van der Waals surface area (Å²) in [5, 5.41) is 4.98. The van der Waals surface area contributed by atoms with Crippen LogP contribution in [-0.2, 0) is 26.6 Å². The number of aryl methyl sites for hydroxylation is 1. The summed E-state index contributed by atoms with van der Waals surface area (Å²) in [5.74, 6) is 1.21. The van der Waals surface area contributed by atoms with E-state index < -0.39 is 20.0 Å². The van der Waals surface area contributed by atoms with E-state index in [0.29, 0.717) is 11.5 Å². The smallest absolute Gasteiger partial charge is 0.243 e. The van der Waals surface area contributed by atoms with Crippen molar-refractivity contribution in [2.45, 2.75) is 23.3 Å². The van der Waals surface area contributed by atoms with E-state index in [9.17, 15) is 16.8 Å². The summed E-state index contributed by atoms with van der Waals surface area (Å²) in [6, 6.07) is 8.18. The lowest BCUT2D eigenvalue weighted by Gasteiger charge is -2.16. The van der Waals surface area contributed by atoms with Crippen molar-refractivity contribution in [1.82, 2.24) is 4.31 Å². The van der Waals surface area contributed by atoms with Gasteiger partial charge in [-0.05, 0) is 43.3 Å². The number of furan rings is 1. The van der Waals surface area contributed by atoms with Gasteiger partial charge in [0.25, 0.3) is 0 Å². The molecule has 0 amide bonds. The molecule has 0 aliphatic heterocycles. The van der Waals surface area contributed by atoms with E-state index in [2.05, 4.69) is 0 Å². The lowest BCUT2D eigenvalue weighted by atomic mass is 10.4. The Morgan fingerprint density at radius 2 is 1.55 bits per heavy atom. The molecule has 2 rings (SSSR count). The third kappa shape index (κ3) is 3.55. The monoisotopic (exact) mass is 344 g/mol. The number of benzene rings is 1. The summed E-state index contributed by atoms with van der Waals surface area (Å²) < 4.78 is 53.6. The van der Waals surface area contributed by atoms with E-state index in [1.54, 1.807) is 19.1 Å². The summed E-state index contributed by atoms with van der Waals surface area (Å²) in [7, 11) is -6.19. The lowest BCUT2D eigenvalue weighted by Crippen LogP contribution is -2.26. The van der Waals surface area contributed by atoms with Gasteiger partial charge in [-0.25, -0.2) is 22.0 Å². The van der Waals surface area contributed by atoms with Crippen LogP contribution in [0.1, 0.15) is 11.5 Å². The molecule has 120 valence electrons. The van der Waals surface area contributed by atoms with Crippen LogP contribution in [0.3, 0.4) is 0 Å². The Bertz CT molecular complexity index is 867. The Morgan fingerprint density at radius 3 is 2.00 bits per heavy atom. The fourth-order valence-corrected chi connectivity index (χ4v) is 3.51. The van der Waals surface area contributed by atoms with Gasteiger partial charge in [-0.3, -0.25) is 0 Å². The van der Waals surface area contributed by atoms with Crippen LogP contribution in [0.5, 0.6) is 0 Å². The van der Waals surface area contributed by atoms with E-state index in [0.717, 1.165) is 16.4 Å². The summed E-state index contributed by atoms with van der Waals surface area (Å²) in [5.41, 5.74) is 0. The third-order valence-corrected chi connectivity index (χ3v) is 5.78. The third-order valence-electron chi connectivity index (χ3n) is 3.03. The second-order valence-electron chi connectivity index (χ2n) is 4.79. The normalized spacial score (nSPS) is 12.7. The molecule has 1 heterocycles. The zero-order chi connectivity index (χ0) is 16.5. The Hall–Kier alpha value is -1.68. The van der Waals surface area contributed by atoms with Crippen molar-refractivity contribution in [1.29, 1.82) is 0 Å². The number of sulfonamides is 2. The van der Waals surface area contributed by atoms with Crippen LogP contribution in [0.15, 0.2) is 50.6 Å². The zero-order valence-electron chi connectivity index (χ0n) is 12.1. The van der Waals surface area contributed by atoms with E-state index in [4.69, 9.17) is 9.56 Å². The van der Waals surface area contributed by atoms with Crippen LogP contribution < -0.4 is 5.14 Å². The van der Waals surface area contributed by atoms with Gasteiger partial charge < -0.3 is 4.42 Å². The topological polar surface area (TPSA) is 111 Å². The van der Waals surface area contributed by atoms with Crippen LogP contribution >= 0.6 is 0 Å². The number of nitrogens with two attached hydrogens (primary N) is 1. The second-order valence-corrected chi connectivity index (χ2v) is 8.40. The number of rotatable bonds is 5. The predicted octanol–water partition coefficient (Wildman–Crippen LogP) is 1.06. The van der Waals surface area contributed by atoms with Gasteiger partial charge in [0.1, 0.15) is 11.5 Å². The molecule has 0 spiro atoms. The van der Waals surface area contributed by atoms with Gasteiger partial charge in [-0.15, -0.1) is 0 Å². The maximum absolute atomic E-state index is 12.4. The van der Waals surface area contributed by atoms with Crippen molar-refractivity contribution in [2.24, 2.45) is 5.14 Å². The molecule has 0 saturated carbocycles. The molecule has 2 N–H and O–H groups in total. The molecule has 9 heteroatoms. The van der Waals surface area contributed by atoms with Crippen molar-refractivity contribution in [3.05, 3.63) is 47.9 Å². The van der Waals surface area contributed by atoms with Gasteiger partial charge in [0.2, 0.25) is 20.0 Å². The van der Waals surface area contributed by atoms with Gasteiger partial charge in [0, 0.05) is 7.05 Å². The molecule has 1 aromatic heterocycles. The average Bonchev–Trinajstić information content (AvgIpc) is 2.83. The molecule has 7 nitrogen and oxygen atoms in total. The molecule has 2 aromatic rings. The first-order valence-electron chi connectivity index (χ1n) is 6.25. The molecular weight excluding hydrogens is 328 g/mol. The highest BCUT2D eigenvalue weighted by atomic mass is 32.2. The second kappa shape index (κ2) is 5.84. The number of nitrogens with zero attached hydrogens (tertiary/aromatic N) is 1. The first kappa shape index (κ1) is 16.7. The first-order valence-corrected chi connectivity index (χ1v) is 9.24. The fourth-order valence-electron chi connectivity index (χ4n) is 1.86. The van der Waals surface area contributed by atoms with E-state index in [1.807, 2.05) is 0 Å². The van der Waals surface area contributed by atoms with E-state index >= 15 is 0 Å². The SMILES string of the molecule is Cc1ccc(CN(C)S(=O)(=O)c2ccc(S(N)(=O)=O)cc2)o1. The molecule has 0 atom stereocenters. The van der Waals surface area contributed by atoms with Crippen LogP contribution in [-0.4, -0.2) is 28.2 Å². The van der Waals surface area contributed by atoms with Crippen molar-refractivity contribution in [2.75, 3.05) is 7.05 Å². The summed E-state index contributed by atoms with van der Waals surface area (Å²) in [6.45, 7) is 1.84. The minimum absolute atomic E-state index is 0.0225. The van der Waals surface area contributed by atoms with E-state index in [1.165, 1.54) is 19.2 Å². The zero-order valence-corrected chi connectivity index (χ0v) is 13.7. The largest absolute Gasteiger partial charge is 0.465 e. The molecule has 0 aliphatic rings. The summed E-state index contributed by atoms with van der Waals surface area (Å²) in [6.07, 6.45) is 0. The maximum atomic E-state index is 12.4. The van der Waals surface area contributed by atoms with Crippen molar-refractivity contribution < 1.29 is 21.3 Å². The minimum Gasteiger partial charge on any atom is -0.465 e. The molecule has 0 aliphatic carbocycles. The number of primary sulfonamides is 1. The van der Waals surface area contributed by atoms with Crippen LogP contribution in [0.2, 0.25) is 0 Å². The summed E-state index contributed by atoms with van der Waals surface area (Å²) in [4.78, 5) is -0.165. The Kier molecular flexibility index (Phi) is 4.43. The van der Waals surface area contributed by atoms with Crippen molar-refractivity contribution in [3.8, 4) is 0 Å². The van der Waals surface area contributed by atoms with Gasteiger partial charge in [0.05, 0.1) is 16.3 Å². The first-order chi connectivity index (χ1) is 10.1. The Morgan fingerprint density at radius 1 is 1.00 bits per heavy atom. The fraction of sp³-hybridized carbons (Fsp3) is 0.231. The molecule has 0 saturated heterocycles. The van der Waals surface area contributed by atoms with Crippen molar-refractivity contribution >= 4 is 20.0 Å². The minimum atomic E-state index is -3.85. The van der Waals surface area contributed by atoms with Gasteiger partial charge in [-0.1, -0.05) is 0 Å². The molecule has 0 radical (unpaired) electrons. The highest BCUT2D eigenvalue weighted by Gasteiger charge is 2.22. The van der Waals surface area contributed by atoms with Crippen LogP contribution in [0.4, 0.5) is 0 Å². The molecule has 22 heavy (non-hydrogen) atoms. The predicted molar refractivity (Wildman–Crippen MR) is 79.9 cm³/mol. The van der Waals surface area contributed by atoms with Gasteiger partial charge >= 0.3 is 0 Å². The van der Waals surface area contributed by atoms with Crippen LogP contribution in [0, 0.1) is 6.92 Å². The maximum Gasteiger partial charge on any atom is 0.243 e. The standard InChI is InChI=1S/C13H16N2O5S2/c1-10-3-4-11(20-10)9-15(2)22(18,19)13-7-5-12(6-8-13)21(14,16)17/h3-8H,9H2,1-2H3,(H2,14,16,17). The Labute approximate surface area is 129 Å². The highest BCUT2D eigenvalue weighted by Crippen LogP contribution is 2.19. The lowest BCUT2D eigenvalue weighted by molar-refractivity contribution is 0.397. The number of hydrogen-bond acceptors (Lipinski definition) is 5. The highest BCUT2D eigenvalue weighted by molar-refractivity contribution is 7.89. The van der Waals surface area contributed by atoms with Gasteiger partial charge in [0.15, 0.2) is 0 Å². The number of hydrogen-bond donors (Lipinski definition) is 1.